The average Bonchev–Trinajstić information content (AvgIpc) is 3.49. The fourth-order valence-corrected chi connectivity index (χ4v) is 4.88. The van der Waals surface area contributed by atoms with Gasteiger partial charge in [0.05, 0.1) is 30.4 Å². The van der Waals surface area contributed by atoms with Crippen molar-refractivity contribution in [2.45, 2.75) is 19.8 Å². The monoisotopic (exact) mass is 488 g/mol. The number of benzene rings is 2. The van der Waals surface area contributed by atoms with Gasteiger partial charge in [0.2, 0.25) is 0 Å². The third-order valence-electron chi connectivity index (χ3n) is 5.81. The summed E-state index contributed by atoms with van der Waals surface area (Å²) in [6.45, 7) is 5.62. The molecule has 1 saturated heterocycles. The van der Waals surface area contributed by atoms with Crippen molar-refractivity contribution in [1.29, 1.82) is 0 Å². The van der Waals surface area contributed by atoms with E-state index in [1.165, 1.54) is 11.8 Å². The van der Waals surface area contributed by atoms with Crippen molar-refractivity contribution < 1.29 is 14.3 Å². The quantitative estimate of drug-likeness (QED) is 0.344. The maximum absolute atomic E-state index is 12.8. The molecule has 7 nitrogen and oxygen atoms in total. The highest BCUT2D eigenvalue weighted by atomic mass is 32.2. The van der Waals surface area contributed by atoms with Crippen LogP contribution in [0.5, 0.6) is 5.75 Å². The van der Waals surface area contributed by atoms with Crippen LogP contribution in [0.4, 0.5) is 0 Å². The summed E-state index contributed by atoms with van der Waals surface area (Å²) in [5, 5.41) is 5.64. The number of amidine groups is 1. The van der Waals surface area contributed by atoms with Crippen LogP contribution in [0.25, 0.3) is 23.0 Å². The van der Waals surface area contributed by atoms with Gasteiger partial charge in [-0.25, -0.2) is 4.68 Å². The normalized spacial score (nSPS) is 17.2. The van der Waals surface area contributed by atoms with E-state index >= 15 is 0 Å². The van der Waals surface area contributed by atoms with Gasteiger partial charge >= 0.3 is 0 Å². The van der Waals surface area contributed by atoms with Crippen LogP contribution in [0.3, 0.4) is 0 Å². The van der Waals surface area contributed by atoms with Gasteiger partial charge in [0.25, 0.3) is 5.91 Å². The van der Waals surface area contributed by atoms with E-state index in [4.69, 9.17) is 14.6 Å². The van der Waals surface area contributed by atoms with Gasteiger partial charge in [-0.1, -0.05) is 43.7 Å². The zero-order chi connectivity index (χ0) is 24.0. The first kappa shape index (κ1) is 23.4. The molecule has 1 fully saturated rings. The number of ether oxygens (including phenoxy) is 2. The molecule has 0 N–H and O–H groups in total. The van der Waals surface area contributed by atoms with Crippen molar-refractivity contribution in [2.75, 3.05) is 32.9 Å². The number of morpholine rings is 1. The second-order valence-corrected chi connectivity index (χ2v) is 9.36. The Bertz CT molecular complexity index is 1250. The van der Waals surface area contributed by atoms with E-state index in [1.54, 1.807) is 0 Å². The van der Waals surface area contributed by atoms with Gasteiger partial charge in [-0.15, -0.1) is 0 Å². The minimum atomic E-state index is -0.216. The lowest BCUT2D eigenvalue weighted by Gasteiger charge is -2.27. The van der Waals surface area contributed by atoms with Gasteiger partial charge in [0.1, 0.15) is 11.4 Å². The molecule has 2 aliphatic rings. The molecule has 0 saturated carbocycles. The van der Waals surface area contributed by atoms with Gasteiger partial charge < -0.3 is 14.4 Å². The molecular formula is C27H28N4O3S. The van der Waals surface area contributed by atoms with Crippen LogP contribution >= 0.6 is 11.8 Å². The van der Waals surface area contributed by atoms with Crippen LogP contribution in [0.2, 0.25) is 0 Å². The number of amides is 1. The van der Waals surface area contributed by atoms with Crippen LogP contribution in [0, 0.1) is 0 Å². The minimum absolute atomic E-state index is 0.216. The molecule has 0 radical (unpaired) electrons. The van der Waals surface area contributed by atoms with Crippen molar-refractivity contribution in [3.63, 3.8) is 0 Å². The zero-order valence-corrected chi connectivity index (χ0v) is 20.5. The highest BCUT2D eigenvalue weighted by Crippen LogP contribution is 2.34. The van der Waals surface area contributed by atoms with Gasteiger partial charge in [-0.2, -0.15) is 10.1 Å². The number of thioether (sulfide) groups is 1. The number of hydrogen-bond donors (Lipinski definition) is 0. The minimum Gasteiger partial charge on any atom is -0.494 e. The van der Waals surface area contributed by atoms with Gasteiger partial charge in [0, 0.05) is 30.4 Å². The van der Waals surface area contributed by atoms with E-state index in [0.717, 1.165) is 59.4 Å². The van der Waals surface area contributed by atoms with Crippen molar-refractivity contribution in [1.82, 2.24) is 14.7 Å². The van der Waals surface area contributed by atoms with Crippen molar-refractivity contribution in [2.24, 2.45) is 4.99 Å². The molecular weight excluding hydrogens is 460 g/mol. The Morgan fingerprint density at radius 3 is 2.74 bits per heavy atom. The molecule has 3 heterocycles. The fraction of sp³-hybridized carbons (Fsp3) is 0.296. The number of unbranched alkanes of at least 4 members (excludes halogenated alkanes) is 1. The second kappa shape index (κ2) is 10.9. The molecule has 0 spiro atoms. The number of para-hydroxylation sites is 1. The number of nitrogens with zero attached hydrogens (tertiary/aromatic N) is 4. The lowest BCUT2D eigenvalue weighted by Crippen LogP contribution is -2.38. The summed E-state index contributed by atoms with van der Waals surface area (Å²) in [7, 11) is 0. The molecule has 180 valence electrons. The van der Waals surface area contributed by atoms with Crippen LogP contribution in [0.1, 0.15) is 25.3 Å². The summed E-state index contributed by atoms with van der Waals surface area (Å²) in [4.78, 5) is 19.8. The van der Waals surface area contributed by atoms with Gasteiger partial charge in [0.15, 0.2) is 5.17 Å². The smallest absolute Gasteiger partial charge is 0.286 e. The second-order valence-electron chi connectivity index (χ2n) is 8.35. The Hall–Kier alpha value is -3.36. The van der Waals surface area contributed by atoms with Crippen LogP contribution in [-0.2, 0) is 9.53 Å². The maximum Gasteiger partial charge on any atom is 0.286 e. The summed E-state index contributed by atoms with van der Waals surface area (Å²) in [5.74, 6) is 0.597. The molecule has 0 bridgehead atoms. The summed E-state index contributed by atoms with van der Waals surface area (Å²) >= 11 is 1.42. The van der Waals surface area contributed by atoms with Gasteiger partial charge in [-0.3, -0.25) is 4.79 Å². The third-order valence-corrected chi connectivity index (χ3v) is 6.86. The Balaban J connectivity index is 1.48. The summed E-state index contributed by atoms with van der Waals surface area (Å²) in [6.07, 6.45) is 5.95. The fourth-order valence-electron chi connectivity index (χ4n) is 3.93. The Morgan fingerprint density at radius 2 is 1.94 bits per heavy atom. The van der Waals surface area contributed by atoms with Crippen molar-refractivity contribution in [3.8, 4) is 22.7 Å². The van der Waals surface area contributed by atoms with E-state index in [2.05, 4.69) is 16.8 Å². The molecule has 0 atom stereocenters. The van der Waals surface area contributed by atoms with Gasteiger partial charge in [-0.05, 0) is 48.5 Å². The number of rotatable bonds is 7. The van der Waals surface area contributed by atoms with E-state index in [-0.39, 0.29) is 5.91 Å². The van der Waals surface area contributed by atoms with E-state index in [1.807, 2.05) is 71.6 Å². The number of aromatic nitrogens is 2. The van der Waals surface area contributed by atoms with E-state index < -0.39 is 0 Å². The lowest BCUT2D eigenvalue weighted by atomic mass is 10.1. The molecule has 1 amide bonds. The van der Waals surface area contributed by atoms with Crippen LogP contribution < -0.4 is 4.74 Å². The first-order valence-corrected chi connectivity index (χ1v) is 12.8. The number of aliphatic imine (C=N–C) groups is 1. The summed E-state index contributed by atoms with van der Waals surface area (Å²) in [5.41, 5.74) is 3.53. The van der Waals surface area contributed by atoms with E-state index in [9.17, 15) is 4.79 Å². The zero-order valence-electron chi connectivity index (χ0n) is 19.7. The first-order chi connectivity index (χ1) is 17.2. The number of carbonyl (C=O) groups is 1. The summed E-state index contributed by atoms with van der Waals surface area (Å²) in [6, 6.07) is 17.9. The molecule has 5 rings (SSSR count). The standard InChI is InChI=1S/C27H28N4O3S/c1-2-3-14-34-23-11-7-8-20(17-23)25-21(19-31(29-25)22-9-5-4-6-10-22)18-24-26(32)28-27(35-24)30-12-15-33-16-13-30/h4-11,17-19H,2-3,12-16H2,1H3. The first-order valence-electron chi connectivity index (χ1n) is 11.9. The lowest BCUT2D eigenvalue weighted by molar-refractivity contribution is -0.113. The molecule has 2 aliphatic heterocycles. The highest BCUT2D eigenvalue weighted by Gasteiger charge is 2.28. The van der Waals surface area contributed by atoms with Crippen LogP contribution in [0.15, 0.2) is 70.7 Å². The predicted molar refractivity (Wildman–Crippen MR) is 140 cm³/mol. The Labute approximate surface area is 209 Å². The molecule has 1 aromatic heterocycles. The van der Waals surface area contributed by atoms with Crippen molar-refractivity contribution in [3.05, 3.63) is 71.3 Å². The highest BCUT2D eigenvalue weighted by molar-refractivity contribution is 8.18. The number of hydrogen-bond acceptors (Lipinski definition) is 6. The largest absolute Gasteiger partial charge is 0.494 e. The topological polar surface area (TPSA) is 68.9 Å². The molecule has 0 aliphatic carbocycles. The van der Waals surface area contributed by atoms with Crippen molar-refractivity contribution >= 4 is 28.9 Å². The molecule has 2 aromatic carbocycles. The third kappa shape index (κ3) is 5.49. The SMILES string of the molecule is CCCCOc1cccc(-c2nn(-c3ccccc3)cc2C=C2SC(N3CCOCC3)=NC2=O)c1. The maximum atomic E-state index is 12.8. The average molecular weight is 489 g/mol. The molecule has 35 heavy (non-hydrogen) atoms. The number of carbonyl (C=O) groups excluding carboxylic acids is 1. The molecule has 8 heteroatoms. The summed E-state index contributed by atoms with van der Waals surface area (Å²) < 4.78 is 13.2. The molecule has 0 unspecified atom stereocenters. The predicted octanol–water partition coefficient (Wildman–Crippen LogP) is 5.02. The Kier molecular flexibility index (Phi) is 7.30. The van der Waals surface area contributed by atoms with Crippen LogP contribution in [-0.4, -0.2) is 58.7 Å². The Morgan fingerprint density at radius 1 is 1.11 bits per heavy atom. The van der Waals surface area contributed by atoms with E-state index in [0.29, 0.717) is 24.7 Å². The molecule has 3 aromatic rings.